The lowest BCUT2D eigenvalue weighted by Gasteiger charge is -2.01. The van der Waals surface area contributed by atoms with Crippen molar-refractivity contribution >= 4 is 38.6 Å². The molecular weight excluding hydrogens is 294 g/mol. The zero-order valence-electron chi connectivity index (χ0n) is 8.11. The van der Waals surface area contributed by atoms with Crippen molar-refractivity contribution < 1.29 is 5.11 Å². The standard InChI is InChI=1S/C10H10BrNOS2/c1-6(5-13)8-4-12-10(15-8)7-2-3-9(11)14-7/h2-4,6,13H,5H2,1H3. The first-order valence-electron chi connectivity index (χ1n) is 4.53. The van der Waals surface area contributed by atoms with Crippen molar-refractivity contribution in [3.05, 3.63) is 27.0 Å². The minimum atomic E-state index is 0.176. The summed E-state index contributed by atoms with van der Waals surface area (Å²) in [5.41, 5.74) is 0. The third-order valence-electron chi connectivity index (χ3n) is 2.07. The van der Waals surface area contributed by atoms with E-state index in [2.05, 4.69) is 27.0 Å². The molecule has 0 aliphatic heterocycles. The molecule has 2 aromatic rings. The van der Waals surface area contributed by atoms with Gasteiger partial charge in [-0.25, -0.2) is 4.98 Å². The molecule has 0 aromatic carbocycles. The molecule has 0 aliphatic rings. The summed E-state index contributed by atoms with van der Waals surface area (Å²) in [6, 6.07) is 4.08. The monoisotopic (exact) mass is 303 g/mol. The Morgan fingerprint density at radius 1 is 1.47 bits per heavy atom. The third kappa shape index (κ3) is 2.47. The predicted octanol–water partition coefficient (Wildman–Crippen LogP) is 3.73. The summed E-state index contributed by atoms with van der Waals surface area (Å²) >= 11 is 6.76. The normalized spacial score (nSPS) is 13.0. The molecule has 0 bridgehead atoms. The molecule has 2 rings (SSSR count). The second-order valence-corrected chi connectivity index (χ2v) is 6.78. The molecule has 2 heterocycles. The second-order valence-electron chi connectivity index (χ2n) is 3.26. The molecule has 0 saturated heterocycles. The number of halogens is 1. The van der Waals surface area contributed by atoms with Gasteiger partial charge >= 0.3 is 0 Å². The molecular formula is C10H10BrNOS2. The van der Waals surface area contributed by atoms with Crippen LogP contribution in [0.2, 0.25) is 0 Å². The second kappa shape index (κ2) is 4.74. The Hall–Kier alpha value is -0.230. The molecule has 2 nitrogen and oxygen atoms in total. The predicted molar refractivity (Wildman–Crippen MR) is 68.6 cm³/mol. The Balaban J connectivity index is 2.27. The van der Waals surface area contributed by atoms with Crippen LogP contribution in [0.25, 0.3) is 9.88 Å². The zero-order valence-corrected chi connectivity index (χ0v) is 11.3. The van der Waals surface area contributed by atoms with Crippen molar-refractivity contribution in [1.82, 2.24) is 4.98 Å². The van der Waals surface area contributed by atoms with Crippen LogP contribution in [0.15, 0.2) is 22.1 Å². The van der Waals surface area contributed by atoms with Crippen molar-refractivity contribution in [3.63, 3.8) is 0 Å². The van der Waals surface area contributed by atoms with Gasteiger partial charge in [0.1, 0.15) is 5.01 Å². The topological polar surface area (TPSA) is 33.1 Å². The summed E-state index contributed by atoms with van der Waals surface area (Å²) in [5, 5.41) is 10.1. The summed E-state index contributed by atoms with van der Waals surface area (Å²) in [4.78, 5) is 6.67. The maximum Gasteiger partial charge on any atom is 0.133 e. The minimum Gasteiger partial charge on any atom is -0.396 e. The summed E-state index contributed by atoms with van der Waals surface area (Å²) in [7, 11) is 0. The Morgan fingerprint density at radius 2 is 2.27 bits per heavy atom. The molecule has 0 radical (unpaired) electrons. The quantitative estimate of drug-likeness (QED) is 0.937. The van der Waals surface area contributed by atoms with E-state index in [0.717, 1.165) is 13.7 Å². The first-order chi connectivity index (χ1) is 7.20. The summed E-state index contributed by atoms with van der Waals surface area (Å²) in [6.45, 7) is 2.18. The number of nitrogens with zero attached hydrogens (tertiary/aromatic N) is 1. The van der Waals surface area contributed by atoms with E-state index >= 15 is 0 Å². The van der Waals surface area contributed by atoms with Gasteiger partial charge in [0.15, 0.2) is 0 Å². The summed E-state index contributed by atoms with van der Waals surface area (Å²) < 4.78 is 1.12. The molecule has 1 unspecified atom stereocenters. The molecule has 1 N–H and O–H groups in total. The number of aliphatic hydroxyl groups excluding tert-OH is 1. The lowest BCUT2D eigenvalue weighted by Crippen LogP contribution is -1.94. The molecule has 0 amide bonds. The lowest BCUT2D eigenvalue weighted by molar-refractivity contribution is 0.274. The van der Waals surface area contributed by atoms with Gasteiger partial charge in [0.2, 0.25) is 0 Å². The van der Waals surface area contributed by atoms with Crippen LogP contribution >= 0.6 is 38.6 Å². The number of rotatable bonds is 3. The van der Waals surface area contributed by atoms with Crippen molar-refractivity contribution in [1.29, 1.82) is 0 Å². The molecule has 1 atom stereocenters. The number of hydrogen-bond donors (Lipinski definition) is 1. The first kappa shape index (κ1) is 11.3. The average molecular weight is 304 g/mol. The van der Waals surface area contributed by atoms with Gasteiger partial charge in [-0.3, -0.25) is 0 Å². The third-order valence-corrected chi connectivity index (χ3v) is 5.09. The molecule has 15 heavy (non-hydrogen) atoms. The van der Waals surface area contributed by atoms with E-state index in [1.807, 2.05) is 19.2 Å². The number of hydrogen-bond acceptors (Lipinski definition) is 4. The van der Waals surface area contributed by atoms with E-state index in [1.165, 1.54) is 4.88 Å². The minimum absolute atomic E-state index is 0.176. The number of thiazole rings is 1. The maximum absolute atomic E-state index is 9.05. The van der Waals surface area contributed by atoms with Crippen molar-refractivity contribution in [2.75, 3.05) is 6.61 Å². The molecule has 0 spiro atoms. The van der Waals surface area contributed by atoms with Crippen molar-refractivity contribution in [2.45, 2.75) is 12.8 Å². The highest BCUT2D eigenvalue weighted by molar-refractivity contribution is 9.11. The van der Waals surface area contributed by atoms with E-state index in [0.29, 0.717) is 0 Å². The van der Waals surface area contributed by atoms with Gasteiger partial charge in [-0.05, 0) is 28.1 Å². The first-order valence-corrected chi connectivity index (χ1v) is 6.95. The zero-order chi connectivity index (χ0) is 10.8. The van der Waals surface area contributed by atoms with Gasteiger partial charge in [-0.15, -0.1) is 22.7 Å². The lowest BCUT2D eigenvalue weighted by atomic mass is 10.2. The molecule has 0 saturated carbocycles. The van der Waals surface area contributed by atoms with Crippen LogP contribution in [0.3, 0.4) is 0 Å². The van der Waals surface area contributed by atoms with Crippen LogP contribution in [0, 0.1) is 0 Å². The Labute approximate surface area is 105 Å². The summed E-state index contributed by atoms with van der Waals surface area (Å²) in [5.74, 6) is 0.180. The fourth-order valence-corrected chi connectivity index (χ4v) is 3.55. The molecule has 80 valence electrons. The molecule has 0 fully saturated rings. The van der Waals surface area contributed by atoms with Gasteiger partial charge in [-0.2, -0.15) is 0 Å². The highest BCUT2D eigenvalue weighted by Gasteiger charge is 2.11. The fourth-order valence-electron chi connectivity index (χ4n) is 1.15. The molecule has 0 aliphatic carbocycles. The molecule has 2 aromatic heterocycles. The van der Waals surface area contributed by atoms with E-state index in [1.54, 1.807) is 22.7 Å². The van der Waals surface area contributed by atoms with Gasteiger partial charge in [0.25, 0.3) is 0 Å². The summed E-state index contributed by atoms with van der Waals surface area (Å²) in [6.07, 6.45) is 1.86. The van der Waals surface area contributed by atoms with Crippen molar-refractivity contribution in [2.24, 2.45) is 0 Å². The Bertz CT molecular complexity index is 452. The number of aliphatic hydroxyl groups is 1. The Kier molecular flexibility index (Phi) is 3.56. The van der Waals surface area contributed by atoms with Crippen molar-refractivity contribution in [3.8, 4) is 9.88 Å². The van der Waals surface area contributed by atoms with Crippen LogP contribution in [-0.4, -0.2) is 16.7 Å². The Morgan fingerprint density at radius 3 is 2.87 bits per heavy atom. The number of aromatic nitrogens is 1. The van der Waals surface area contributed by atoms with Crippen LogP contribution in [0.5, 0.6) is 0 Å². The van der Waals surface area contributed by atoms with Gasteiger partial charge in [-0.1, -0.05) is 6.92 Å². The van der Waals surface area contributed by atoms with Gasteiger partial charge < -0.3 is 5.11 Å². The highest BCUT2D eigenvalue weighted by atomic mass is 79.9. The maximum atomic E-state index is 9.05. The van der Waals surface area contributed by atoms with E-state index in [4.69, 9.17) is 5.11 Å². The smallest absolute Gasteiger partial charge is 0.133 e. The van der Waals surface area contributed by atoms with Crippen LogP contribution in [-0.2, 0) is 0 Å². The van der Waals surface area contributed by atoms with E-state index < -0.39 is 0 Å². The van der Waals surface area contributed by atoms with Gasteiger partial charge in [0.05, 0.1) is 15.3 Å². The number of thiophene rings is 1. The van der Waals surface area contributed by atoms with Gasteiger partial charge in [0, 0.05) is 17.0 Å². The van der Waals surface area contributed by atoms with E-state index in [-0.39, 0.29) is 12.5 Å². The van der Waals surface area contributed by atoms with E-state index in [9.17, 15) is 0 Å². The fraction of sp³-hybridized carbons (Fsp3) is 0.300. The highest BCUT2D eigenvalue weighted by Crippen LogP contribution is 2.35. The molecule has 5 heteroatoms. The largest absolute Gasteiger partial charge is 0.396 e. The van der Waals surface area contributed by atoms with Crippen LogP contribution < -0.4 is 0 Å². The average Bonchev–Trinajstić information content (AvgIpc) is 2.84. The SMILES string of the molecule is CC(CO)c1cnc(-c2ccc(Br)s2)s1. The van der Waals surface area contributed by atoms with Crippen LogP contribution in [0.4, 0.5) is 0 Å². The van der Waals surface area contributed by atoms with Crippen LogP contribution in [0.1, 0.15) is 17.7 Å².